The molecule has 1 fully saturated rings. The van der Waals surface area contributed by atoms with Crippen LogP contribution < -0.4 is 5.32 Å². The molecule has 0 saturated carbocycles. The first-order valence-corrected chi connectivity index (χ1v) is 13.7. The number of alkyl halides is 2. The predicted molar refractivity (Wildman–Crippen MR) is 145 cm³/mol. The summed E-state index contributed by atoms with van der Waals surface area (Å²) in [5.41, 5.74) is 2.48. The van der Waals surface area contributed by atoms with Crippen molar-refractivity contribution >= 4 is 45.5 Å². The highest BCUT2D eigenvalue weighted by atomic mass is 79.9. The minimum absolute atomic E-state index is 0.0140. The van der Waals surface area contributed by atoms with Crippen LogP contribution in [-0.4, -0.2) is 89.0 Å². The molecule has 0 amide bonds. The summed E-state index contributed by atoms with van der Waals surface area (Å²) in [6.45, 7) is 1.38. The molecule has 0 spiro atoms. The number of aromatic nitrogens is 1. The van der Waals surface area contributed by atoms with Gasteiger partial charge in [0.2, 0.25) is 0 Å². The molecule has 9 nitrogen and oxygen atoms in total. The first-order chi connectivity index (χ1) is 18.5. The third-order valence-electron chi connectivity index (χ3n) is 6.35. The molecule has 39 heavy (non-hydrogen) atoms. The van der Waals surface area contributed by atoms with E-state index in [0.29, 0.717) is 21.7 Å². The lowest BCUT2D eigenvalue weighted by molar-refractivity contribution is -0.138. The van der Waals surface area contributed by atoms with Gasteiger partial charge in [0, 0.05) is 47.3 Å². The van der Waals surface area contributed by atoms with E-state index >= 15 is 0 Å². The van der Waals surface area contributed by atoms with Gasteiger partial charge >= 0.3 is 5.97 Å². The van der Waals surface area contributed by atoms with Gasteiger partial charge in [-0.3, -0.25) is 24.4 Å². The molecule has 0 aliphatic carbocycles. The van der Waals surface area contributed by atoms with E-state index in [0.717, 1.165) is 16.8 Å². The van der Waals surface area contributed by atoms with Gasteiger partial charge in [-0.15, -0.1) is 11.3 Å². The number of aliphatic carboxylic acids is 1. The number of likely N-dealkylation sites (tertiary alicyclic amines) is 1. The van der Waals surface area contributed by atoms with Crippen LogP contribution in [-0.2, 0) is 9.59 Å². The summed E-state index contributed by atoms with van der Waals surface area (Å²) in [7, 11) is 1.54. The highest BCUT2D eigenvalue weighted by Gasteiger charge is 2.48. The monoisotopic (exact) mass is 631 g/mol. The van der Waals surface area contributed by atoms with Crippen molar-refractivity contribution in [3.05, 3.63) is 61.9 Å². The van der Waals surface area contributed by atoms with Gasteiger partial charge in [-0.1, -0.05) is 28.9 Å². The maximum atomic E-state index is 14.9. The molecule has 1 saturated heterocycles. The van der Waals surface area contributed by atoms with E-state index in [9.17, 15) is 18.0 Å². The van der Waals surface area contributed by atoms with Gasteiger partial charge in [0.15, 0.2) is 10.8 Å². The number of thiazole rings is 1. The van der Waals surface area contributed by atoms with Gasteiger partial charge in [0.1, 0.15) is 11.9 Å². The number of nitrogens with zero attached hydrogens (tertiary/aromatic N) is 4. The Hall–Kier alpha value is -2.81. The molecule has 2 aliphatic rings. The number of halogens is 4. The number of benzene rings is 1. The fraction of sp³-hybridized carbons (Fsp3) is 0.440. The largest absolute Gasteiger partial charge is 0.483 e. The topological polar surface area (TPSA) is 118 Å². The number of nitrogens with one attached hydrogen (secondary N) is 1. The summed E-state index contributed by atoms with van der Waals surface area (Å²) in [5.74, 6) is -4.80. The van der Waals surface area contributed by atoms with Crippen LogP contribution in [0.15, 0.2) is 50.5 Å². The lowest BCUT2D eigenvalue weighted by atomic mass is 9.93. The van der Waals surface area contributed by atoms with Crippen LogP contribution >= 0.6 is 27.3 Å². The van der Waals surface area contributed by atoms with Crippen molar-refractivity contribution in [2.45, 2.75) is 25.3 Å². The van der Waals surface area contributed by atoms with Crippen LogP contribution in [0.4, 0.5) is 13.2 Å². The van der Waals surface area contributed by atoms with E-state index in [4.69, 9.17) is 20.0 Å². The maximum Gasteiger partial charge on any atom is 0.317 e. The van der Waals surface area contributed by atoms with Crippen molar-refractivity contribution in [1.82, 2.24) is 20.1 Å². The number of rotatable bonds is 9. The zero-order valence-electron chi connectivity index (χ0n) is 21.3. The van der Waals surface area contributed by atoms with Crippen molar-refractivity contribution < 1.29 is 33.0 Å². The van der Waals surface area contributed by atoms with Crippen LogP contribution in [0, 0.1) is 11.7 Å². The standard InChI is InChI=1S/C24H27BrF3N5O2S.CH2O2/c1-3-16-19(11-33-10-14(24(27,28)13-33)9-32(2)12-20(34)35)30-22(23-29-6-7-36-23)31-21(16)17-5-4-15(26)8-18(17)25;2-1-3/h4-8,14,21H,3,9-13H2,1-2H3,(H,30,31)(H,34,35);1H,(H,2,3)/t14?,21-;/m1./s1. The average molecular weight is 633 g/mol. The lowest BCUT2D eigenvalue weighted by Crippen LogP contribution is -2.38. The normalized spacial score (nSPS) is 20.7. The smallest absolute Gasteiger partial charge is 0.317 e. The summed E-state index contributed by atoms with van der Waals surface area (Å²) in [6.07, 6.45) is 2.28. The molecule has 212 valence electrons. The SMILES string of the molecule is CCC1=C(CN2CC(CN(C)CC(=O)O)C(F)(F)C2)NC(c2nccs2)=N[C@H]1c1ccc(F)cc1Br.O=CO. The number of hydrogen-bond donors (Lipinski definition) is 3. The molecular weight excluding hydrogens is 603 g/mol. The van der Waals surface area contributed by atoms with E-state index in [1.807, 2.05) is 12.3 Å². The zero-order chi connectivity index (χ0) is 28.7. The molecule has 0 bridgehead atoms. The van der Waals surface area contributed by atoms with Gasteiger partial charge in [-0.25, -0.2) is 18.2 Å². The van der Waals surface area contributed by atoms with Crippen LogP contribution in [0.3, 0.4) is 0 Å². The minimum atomic E-state index is -2.94. The zero-order valence-corrected chi connectivity index (χ0v) is 23.7. The van der Waals surface area contributed by atoms with Crippen LogP contribution in [0.25, 0.3) is 0 Å². The van der Waals surface area contributed by atoms with E-state index in [1.165, 1.54) is 35.4 Å². The van der Waals surface area contributed by atoms with Crippen molar-refractivity contribution in [3.8, 4) is 0 Å². The Morgan fingerprint density at radius 3 is 2.72 bits per heavy atom. The Labute approximate surface area is 236 Å². The predicted octanol–water partition coefficient (Wildman–Crippen LogP) is 4.08. The molecule has 4 rings (SSSR count). The average Bonchev–Trinajstić information content (AvgIpc) is 3.47. The third kappa shape index (κ3) is 7.87. The number of hydrogen-bond acceptors (Lipinski definition) is 8. The van der Waals surface area contributed by atoms with Gasteiger partial charge in [0.25, 0.3) is 12.4 Å². The van der Waals surface area contributed by atoms with Crippen molar-refractivity contribution in [3.63, 3.8) is 0 Å². The van der Waals surface area contributed by atoms with Gasteiger partial charge in [-0.05, 0) is 36.7 Å². The van der Waals surface area contributed by atoms with Crippen LogP contribution in [0.2, 0.25) is 0 Å². The fourth-order valence-corrected chi connectivity index (χ4v) is 5.90. The fourth-order valence-electron chi connectivity index (χ4n) is 4.75. The second kappa shape index (κ2) is 13.5. The Bertz CT molecular complexity index is 1230. The number of carbonyl (C=O) groups is 2. The quantitative estimate of drug-likeness (QED) is 0.354. The summed E-state index contributed by atoms with van der Waals surface area (Å²) in [6, 6.07) is 4.03. The second-order valence-electron chi connectivity index (χ2n) is 9.19. The van der Waals surface area contributed by atoms with Crippen molar-refractivity contribution in [2.75, 3.05) is 39.8 Å². The highest BCUT2D eigenvalue weighted by molar-refractivity contribution is 9.10. The Morgan fingerprint density at radius 1 is 1.41 bits per heavy atom. The first kappa shape index (κ1) is 30.7. The molecule has 1 aromatic carbocycles. The number of likely N-dealkylation sites (N-methyl/N-ethyl adjacent to an activating group) is 1. The van der Waals surface area contributed by atoms with E-state index in [1.54, 1.807) is 17.2 Å². The third-order valence-corrected chi connectivity index (χ3v) is 7.81. The molecule has 1 unspecified atom stereocenters. The number of aliphatic imine (C=N–C) groups is 1. The number of amidine groups is 1. The molecular formula is C25H29BrF3N5O4S. The molecule has 3 N–H and O–H groups in total. The first-order valence-electron chi connectivity index (χ1n) is 12.0. The summed E-state index contributed by atoms with van der Waals surface area (Å²) >= 11 is 4.87. The van der Waals surface area contributed by atoms with E-state index in [2.05, 4.69) is 26.2 Å². The lowest BCUT2D eigenvalue weighted by Gasteiger charge is -2.30. The molecule has 0 radical (unpaired) electrons. The summed E-state index contributed by atoms with van der Waals surface area (Å²) < 4.78 is 44.2. The Morgan fingerprint density at radius 2 is 2.13 bits per heavy atom. The molecule has 3 heterocycles. The van der Waals surface area contributed by atoms with Crippen molar-refractivity contribution in [2.24, 2.45) is 10.9 Å². The van der Waals surface area contributed by atoms with Crippen LogP contribution in [0.1, 0.15) is 30.0 Å². The van der Waals surface area contributed by atoms with Gasteiger partial charge in [0.05, 0.1) is 13.1 Å². The maximum absolute atomic E-state index is 14.9. The molecule has 2 aromatic rings. The highest BCUT2D eigenvalue weighted by Crippen LogP contribution is 2.39. The number of carboxylic acids is 1. The van der Waals surface area contributed by atoms with Gasteiger partial charge in [-0.2, -0.15) is 0 Å². The second-order valence-corrected chi connectivity index (χ2v) is 10.9. The molecule has 2 aliphatic heterocycles. The van der Waals surface area contributed by atoms with E-state index in [-0.39, 0.29) is 38.5 Å². The molecule has 1 aromatic heterocycles. The van der Waals surface area contributed by atoms with Gasteiger partial charge < -0.3 is 15.5 Å². The summed E-state index contributed by atoms with van der Waals surface area (Å²) in [5, 5.41) is 21.7. The Balaban J connectivity index is 0.00000134. The minimum Gasteiger partial charge on any atom is -0.483 e. The molecule has 2 atom stereocenters. The molecule has 14 heteroatoms. The van der Waals surface area contributed by atoms with Crippen LogP contribution in [0.5, 0.6) is 0 Å². The van der Waals surface area contributed by atoms with Crippen molar-refractivity contribution in [1.29, 1.82) is 0 Å². The van der Waals surface area contributed by atoms with E-state index < -0.39 is 30.4 Å². The summed E-state index contributed by atoms with van der Waals surface area (Å²) in [4.78, 5) is 31.7. The number of carboxylic acid groups (broad SMARTS) is 2. The Kier molecular flexibility index (Phi) is 10.6.